The van der Waals surface area contributed by atoms with Crippen molar-refractivity contribution < 1.29 is 13.2 Å². The highest BCUT2D eigenvalue weighted by atomic mass is 32.2. The number of amides is 1. The smallest absolute Gasteiger partial charge is 0.258 e. The van der Waals surface area contributed by atoms with Gasteiger partial charge >= 0.3 is 0 Å². The van der Waals surface area contributed by atoms with Gasteiger partial charge in [0, 0.05) is 17.3 Å². The van der Waals surface area contributed by atoms with Crippen LogP contribution < -0.4 is 9.21 Å². The summed E-state index contributed by atoms with van der Waals surface area (Å²) < 4.78 is 26.1. The summed E-state index contributed by atoms with van der Waals surface area (Å²) in [7, 11) is -3.48. The number of fused-ring (bicyclic) bond motifs is 1. The molecular weight excluding hydrogens is 396 g/mol. The molecule has 154 valence electrons. The van der Waals surface area contributed by atoms with Crippen LogP contribution in [-0.4, -0.2) is 26.6 Å². The zero-order valence-corrected chi connectivity index (χ0v) is 17.8. The van der Waals surface area contributed by atoms with E-state index in [-0.39, 0.29) is 18.5 Å². The van der Waals surface area contributed by atoms with Crippen molar-refractivity contribution in [2.24, 2.45) is 0 Å². The molecule has 5 nitrogen and oxygen atoms in total. The summed E-state index contributed by atoms with van der Waals surface area (Å²) in [6.45, 7) is 2.28. The van der Waals surface area contributed by atoms with E-state index in [2.05, 4.69) is 6.07 Å². The van der Waals surface area contributed by atoms with Crippen molar-refractivity contribution in [3.05, 3.63) is 95.6 Å². The predicted octanol–water partition coefficient (Wildman–Crippen LogP) is 4.24. The second-order valence-electron chi connectivity index (χ2n) is 7.66. The van der Waals surface area contributed by atoms with Gasteiger partial charge in [0.15, 0.2) is 0 Å². The lowest BCUT2D eigenvalue weighted by Crippen LogP contribution is -2.35. The summed E-state index contributed by atoms with van der Waals surface area (Å²) >= 11 is 0. The first-order valence-electron chi connectivity index (χ1n) is 9.88. The molecule has 0 fully saturated rings. The maximum absolute atomic E-state index is 13.2. The molecule has 0 aromatic heterocycles. The van der Waals surface area contributed by atoms with Crippen LogP contribution in [0.2, 0.25) is 0 Å². The van der Waals surface area contributed by atoms with Gasteiger partial charge in [-0.25, -0.2) is 8.42 Å². The van der Waals surface area contributed by atoms with Gasteiger partial charge in [0.25, 0.3) is 5.91 Å². The monoisotopic (exact) mass is 420 g/mol. The topological polar surface area (TPSA) is 57.7 Å². The standard InChI is InChI=1S/C24H24N2O3S/c1-18-16-21-10-6-7-11-23(21)26(18)24(27)20-12-14-22(15-13-20)25(30(2,28)29)17-19-8-4-3-5-9-19/h3-15,18H,16-17H2,1-2H3. The molecule has 0 saturated carbocycles. The minimum atomic E-state index is -3.48. The molecule has 1 heterocycles. The van der Waals surface area contributed by atoms with Crippen LogP contribution in [-0.2, 0) is 23.0 Å². The molecule has 3 aromatic rings. The van der Waals surface area contributed by atoms with Crippen LogP contribution in [0.4, 0.5) is 11.4 Å². The van der Waals surface area contributed by atoms with Crippen molar-refractivity contribution in [1.82, 2.24) is 0 Å². The molecule has 30 heavy (non-hydrogen) atoms. The normalized spacial score (nSPS) is 15.7. The van der Waals surface area contributed by atoms with Gasteiger partial charge < -0.3 is 4.90 Å². The summed E-state index contributed by atoms with van der Waals surface area (Å²) in [5.74, 6) is -0.0760. The van der Waals surface area contributed by atoms with Crippen LogP contribution >= 0.6 is 0 Å². The number of para-hydroxylation sites is 1. The number of anilines is 2. The quantitative estimate of drug-likeness (QED) is 0.620. The summed E-state index contributed by atoms with van der Waals surface area (Å²) in [4.78, 5) is 15.0. The van der Waals surface area contributed by atoms with Crippen LogP contribution in [0.25, 0.3) is 0 Å². The van der Waals surface area contributed by atoms with Crippen LogP contribution in [0.5, 0.6) is 0 Å². The molecule has 0 aliphatic carbocycles. The number of hydrogen-bond acceptors (Lipinski definition) is 3. The Morgan fingerprint density at radius 1 is 0.967 bits per heavy atom. The molecule has 0 N–H and O–H groups in total. The fourth-order valence-corrected chi connectivity index (χ4v) is 4.82. The number of sulfonamides is 1. The highest BCUT2D eigenvalue weighted by molar-refractivity contribution is 7.92. The average molecular weight is 421 g/mol. The van der Waals surface area contributed by atoms with E-state index in [0.29, 0.717) is 11.3 Å². The number of rotatable bonds is 5. The van der Waals surface area contributed by atoms with E-state index in [4.69, 9.17) is 0 Å². The Balaban J connectivity index is 1.61. The Bertz CT molecular complexity index is 1160. The molecule has 0 saturated heterocycles. The van der Waals surface area contributed by atoms with E-state index in [1.165, 1.54) is 16.1 Å². The molecule has 3 aromatic carbocycles. The predicted molar refractivity (Wildman–Crippen MR) is 120 cm³/mol. The molecule has 1 aliphatic rings. The Labute approximate surface area is 177 Å². The van der Waals surface area contributed by atoms with Crippen LogP contribution in [0, 0.1) is 0 Å². The Morgan fingerprint density at radius 2 is 1.60 bits per heavy atom. The SMILES string of the molecule is CC1Cc2ccccc2N1C(=O)c1ccc(N(Cc2ccccc2)S(C)(=O)=O)cc1. The maximum atomic E-state index is 13.2. The fourth-order valence-electron chi connectivity index (χ4n) is 3.93. The van der Waals surface area contributed by atoms with E-state index < -0.39 is 10.0 Å². The molecule has 0 spiro atoms. The molecule has 4 rings (SSSR count). The summed E-state index contributed by atoms with van der Waals surface area (Å²) in [6.07, 6.45) is 2.02. The van der Waals surface area contributed by atoms with Crippen LogP contribution in [0.1, 0.15) is 28.4 Å². The minimum absolute atomic E-state index is 0.0760. The summed E-state index contributed by atoms with van der Waals surface area (Å²) in [6, 6.07) is 24.3. The van der Waals surface area contributed by atoms with Gasteiger partial charge in [-0.1, -0.05) is 48.5 Å². The molecule has 1 amide bonds. The minimum Gasteiger partial charge on any atom is -0.305 e. The van der Waals surface area contributed by atoms with E-state index in [0.717, 1.165) is 17.7 Å². The van der Waals surface area contributed by atoms with Crippen molar-refractivity contribution in [3.63, 3.8) is 0 Å². The van der Waals surface area contributed by atoms with Crippen molar-refractivity contribution in [3.8, 4) is 0 Å². The van der Waals surface area contributed by atoms with Gasteiger partial charge in [0.2, 0.25) is 10.0 Å². The molecule has 0 radical (unpaired) electrons. The molecule has 6 heteroatoms. The number of carbonyl (C=O) groups is 1. The largest absolute Gasteiger partial charge is 0.305 e. The van der Waals surface area contributed by atoms with Crippen molar-refractivity contribution in [1.29, 1.82) is 0 Å². The number of carbonyl (C=O) groups excluding carboxylic acids is 1. The maximum Gasteiger partial charge on any atom is 0.258 e. The molecule has 1 unspecified atom stereocenters. The van der Waals surface area contributed by atoms with Gasteiger partial charge in [-0.05, 0) is 54.8 Å². The van der Waals surface area contributed by atoms with Crippen molar-refractivity contribution in [2.75, 3.05) is 15.5 Å². The summed E-state index contributed by atoms with van der Waals surface area (Å²) in [5.41, 5.74) is 4.08. The van der Waals surface area contributed by atoms with E-state index in [1.807, 2.05) is 60.4 Å². The van der Waals surface area contributed by atoms with E-state index in [1.54, 1.807) is 24.3 Å². The molecule has 0 bridgehead atoms. The van der Waals surface area contributed by atoms with Gasteiger partial charge in [0.05, 0.1) is 18.5 Å². The van der Waals surface area contributed by atoms with Crippen molar-refractivity contribution in [2.45, 2.75) is 25.9 Å². The second kappa shape index (κ2) is 7.95. The fraction of sp³-hybridized carbons (Fsp3) is 0.208. The second-order valence-corrected chi connectivity index (χ2v) is 9.57. The highest BCUT2D eigenvalue weighted by Gasteiger charge is 2.31. The third-order valence-corrected chi connectivity index (χ3v) is 6.54. The van der Waals surface area contributed by atoms with Gasteiger partial charge in [0.1, 0.15) is 0 Å². The summed E-state index contributed by atoms with van der Waals surface area (Å²) in [5, 5.41) is 0. The van der Waals surface area contributed by atoms with Crippen LogP contribution in [0.15, 0.2) is 78.9 Å². The van der Waals surface area contributed by atoms with E-state index in [9.17, 15) is 13.2 Å². The average Bonchev–Trinajstić information content (AvgIpc) is 3.07. The lowest BCUT2D eigenvalue weighted by atomic mass is 10.1. The zero-order chi connectivity index (χ0) is 21.3. The lowest BCUT2D eigenvalue weighted by molar-refractivity contribution is 0.0981. The van der Waals surface area contributed by atoms with Crippen LogP contribution in [0.3, 0.4) is 0 Å². The third kappa shape index (κ3) is 3.96. The van der Waals surface area contributed by atoms with Gasteiger partial charge in [-0.15, -0.1) is 0 Å². The molecule has 1 aliphatic heterocycles. The van der Waals surface area contributed by atoms with Gasteiger partial charge in [-0.3, -0.25) is 9.10 Å². The Morgan fingerprint density at radius 3 is 2.27 bits per heavy atom. The number of benzene rings is 3. The van der Waals surface area contributed by atoms with Crippen molar-refractivity contribution >= 4 is 27.3 Å². The Kier molecular flexibility index (Phi) is 5.35. The first kappa shape index (κ1) is 20.2. The first-order chi connectivity index (χ1) is 14.3. The number of hydrogen-bond donors (Lipinski definition) is 0. The first-order valence-corrected chi connectivity index (χ1v) is 11.7. The third-order valence-electron chi connectivity index (χ3n) is 5.40. The van der Waals surface area contributed by atoms with E-state index >= 15 is 0 Å². The lowest BCUT2D eigenvalue weighted by Gasteiger charge is -2.24. The molecule has 1 atom stereocenters. The molecular formula is C24H24N2O3S. The zero-order valence-electron chi connectivity index (χ0n) is 17.0. The number of nitrogens with zero attached hydrogens (tertiary/aromatic N) is 2. The van der Waals surface area contributed by atoms with Gasteiger partial charge in [-0.2, -0.15) is 0 Å². The highest BCUT2D eigenvalue weighted by Crippen LogP contribution is 2.33. The Hall–Kier alpha value is -3.12.